The van der Waals surface area contributed by atoms with Gasteiger partial charge >= 0.3 is 12.1 Å². The van der Waals surface area contributed by atoms with Crippen molar-refractivity contribution in [3.05, 3.63) is 89.5 Å². The summed E-state index contributed by atoms with van der Waals surface area (Å²) in [7, 11) is -4.01. The molecule has 1 atom stereocenters. The number of carbonyl (C=O) groups excluding carboxylic acids is 2. The van der Waals surface area contributed by atoms with Gasteiger partial charge in [-0.15, -0.1) is 0 Å². The highest BCUT2D eigenvalue weighted by Gasteiger charge is 2.36. The predicted octanol–water partition coefficient (Wildman–Crippen LogP) is 4.64. The summed E-state index contributed by atoms with van der Waals surface area (Å²) >= 11 is 0. The van der Waals surface area contributed by atoms with E-state index in [9.17, 15) is 31.2 Å². The molecule has 188 valence electrons. The summed E-state index contributed by atoms with van der Waals surface area (Å²) in [5.74, 6) is -1.98. The highest BCUT2D eigenvalue weighted by atomic mass is 32.2. The van der Waals surface area contributed by atoms with Gasteiger partial charge < -0.3 is 10.1 Å². The average Bonchev–Trinajstić information content (AvgIpc) is 3.18. The van der Waals surface area contributed by atoms with Crippen LogP contribution in [-0.4, -0.2) is 32.9 Å². The van der Waals surface area contributed by atoms with E-state index in [0.717, 1.165) is 23.8 Å². The molecule has 0 bridgehead atoms. The van der Waals surface area contributed by atoms with Crippen LogP contribution in [0.2, 0.25) is 0 Å². The number of sulfonamides is 1. The third-order valence-corrected chi connectivity index (χ3v) is 7.54. The molecule has 1 aliphatic rings. The molecule has 0 unspecified atom stereocenters. The fourth-order valence-corrected chi connectivity index (χ4v) is 5.78. The lowest BCUT2D eigenvalue weighted by Crippen LogP contribution is -2.35. The minimum atomic E-state index is -4.68. The van der Waals surface area contributed by atoms with Crippen molar-refractivity contribution < 1.29 is 35.9 Å². The van der Waals surface area contributed by atoms with Gasteiger partial charge in [-0.3, -0.25) is 9.10 Å². The van der Waals surface area contributed by atoms with E-state index in [1.165, 1.54) is 34.6 Å². The zero-order valence-electron chi connectivity index (χ0n) is 19.0. The molecule has 1 N–H and O–H groups in total. The van der Waals surface area contributed by atoms with Crippen LogP contribution in [0.25, 0.3) is 0 Å². The van der Waals surface area contributed by atoms with E-state index >= 15 is 0 Å². The van der Waals surface area contributed by atoms with Gasteiger partial charge in [0, 0.05) is 6.04 Å². The fourth-order valence-electron chi connectivity index (χ4n) is 4.04. The van der Waals surface area contributed by atoms with Crippen LogP contribution in [0.5, 0.6) is 0 Å². The number of carbonyl (C=O) groups is 2. The first kappa shape index (κ1) is 25.2. The summed E-state index contributed by atoms with van der Waals surface area (Å²) in [6, 6.07) is 16.4. The zero-order chi connectivity index (χ0) is 26.1. The Labute approximate surface area is 205 Å². The maximum Gasteiger partial charge on any atom is 0.418 e. The number of esters is 1. The maximum atomic E-state index is 13.4. The number of nitrogens with one attached hydrogen (secondary N) is 1. The van der Waals surface area contributed by atoms with Gasteiger partial charge in [-0.25, -0.2) is 13.2 Å². The number of para-hydroxylation sites is 2. The second kappa shape index (κ2) is 9.65. The number of anilines is 2. The van der Waals surface area contributed by atoms with Crippen molar-refractivity contribution >= 4 is 33.3 Å². The number of nitrogens with zero attached hydrogens (tertiary/aromatic N) is 1. The monoisotopic (exact) mass is 518 g/mol. The number of rotatable bonds is 6. The SMILES string of the molecule is C[C@@H]1Cc2ccccc2N1S(=O)(=O)c1cccc(C(=O)OCC(=O)Nc2ccccc2C(F)(F)F)c1. The second-order valence-corrected chi connectivity index (χ2v) is 9.99. The molecule has 0 saturated carbocycles. The van der Waals surface area contributed by atoms with E-state index < -0.39 is 45.9 Å². The van der Waals surface area contributed by atoms with Crippen molar-refractivity contribution in [1.82, 2.24) is 0 Å². The molecule has 4 rings (SSSR count). The summed E-state index contributed by atoms with van der Waals surface area (Å²) in [4.78, 5) is 24.5. The van der Waals surface area contributed by atoms with Gasteiger partial charge in [0.1, 0.15) is 0 Å². The molecule has 1 amide bonds. The number of benzene rings is 3. The van der Waals surface area contributed by atoms with Crippen LogP contribution < -0.4 is 9.62 Å². The van der Waals surface area contributed by atoms with Crippen LogP contribution >= 0.6 is 0 Å². The Balaban J connectivity index is 1.47. The van der Waals surface area contributed by atoms with Crippen LogP contribution in [0, 0.1) is 0 Å². The molecule has 0 aliphatic carbocycles. The first-order valence-corrected chi connectivity index (χ1v) is 12.3. The van der Waals surface area contributed by atoms with Crippen molar-refractivity contribution in [2.24, 2.45) is 0 Å². The Kier molecular flexibility index (Phi) is 6.77. The molecule has 0 radical (unpaired) electrons. The minimum Gasteiger partial charge on any atom is -0.452 e. The largest absolute Gasteiger partial charge is 0.452 e. The topological polar surface area (TPSA) is 92.8 Å². The number of fused-ring (bicyclic) bond motifs is 1. The van der Waals surface area contributed by atoms with Crippen molar-refractivity contribution in [2.75, 3.05) is 16.2 Å². The van der Waals surface area contributed by atoms with E-state index in [2.05, 4.69) is 5.32 Å². The van der Waals surface area contributed by atoms with Gasteiger partial charge in [-0.05, 0) is 55.3 Å². The molecule has 0 saturated heterocycles. The predicted molar refractivity (Wildman–Crippen MR) is 126 cm³/mol. The summed E-state index contributed by atoms with van der Waals surface area (Å²) in [6.45, 7) is 0.920. The van der Waals surface area contributed by atoms with Crippen LogP contribution in [0.1, 0.15) is 28.4 Å². The van der Waals surface area contributed by atoms with E-state index in [4.69, 9.17) is 4.74 Å². The number of halogens is 3. The lowest BCUT2D eigenvalue weighted by atomic mass is 10.1. The number of hydrogen-bond acceptors (Lipinski definition) is 5. The van der Waals surface area contributed by atoms with Crippen molar-refractivity contribution in [1.29, 1.82) is 0 Å². The highest BCUT2D eigenvalue weighted by molar-refractivity contribution is 7.92. The molecule has 3 aromatic carbocycles. The Morgan fingerprint density at radius 2 is 1.72 bits per heavy atom. The van der Waals surface area contributed by atoms with Crippen LogP contribution in [-0.2, 0) is 32.2 Å². The number of alkyl halides is 3. The summed E-state index contributed by atoms with van der Waals surface area (Å²) in [6.07, 6.45) is -4.14. The molecular formula is C25H21F3N2O5S. The van der Waals surface area contributed by atoms with Gasteiger partial charge in [-0.2, -0.15) is 13.2 Å². The van der Waals surface area contributed by atoms with Crippen LogP contribution in [0.3, 0.4) is 0 Å². The molecule has 0 aromatic heterocycles. The normalized spacial score (nSPS) is 15.3. The lowest BCUT2D eigenvalue weighted by Gasteiger charge is -2.24. The molecule has 1 heterocycles. The highest BCUT2D eigenvalue weighted by Crippen LogP contribution is 2.37. The van der Waals surface area contributed by atoms with Gasteiger partial charge in [-0.1, -0.05) is 36.4 Å². The number of ether oxygens (including phenoxy) is 1. The summed E-state index contributed by atoms with van der Waals surface area (Å²) in [5.41, 5.74) is -0.185. The summed E-state index contributed by atoms with van der Waals surface area (Å²) in [5, 5.41) is 2.07. The first-order chi connectivity index (χ1) is 17.0. The zero-order valence-corrected chi connectivity index (χ0v) is 19.8. The van der Waals surface area contributed by atoms with Gasteiger partial charge in [0.05, 0.1) is 27.4 Å². The minimum absolute atomic E-state index is 0.125. The maximum absolute atomic E-state index is 13.4. The van der Waals surface area contributed by atoms with Crippen molar-refractivity contribution in [3.8, 4) is 0 Å². The second-order valence-electron chi connectivity index (χ2n) is 8.18. The molecule has 36 heavy (non-hydrogen) atoms. The quantitative estimate of drug-likeness (QED) is 0.480. The third-order valence-electron chi connectivity index (χ3n) is 5.61. The van der Waals surface area contributed by atoms with Gasteiger partial charge in [0.25, 0.3) is 15.9 Å². The molecular weight excluding hydrogens is 497 g/mol. The lowest BCUT2D eigenvalue weighted by molar-refractivity contribution is -0.137. The Morgan fingerprint density at radius 1 is 1.03 bits per heavy atom. The van der Waals surface area contributed by atoms with Crippen LogP contribution in [0.4, 0.5) is 24.5 Å². The van der Waals surface area contributed by atoms with Gasteiger partial charge in [0.15, 0.2) is 6.61 Å². The smallest absolute Gasteiger partial charge is 0.418 e. The third kappa shape index (κ3) is 5.06. The van der Waals surface area contributed by atoms with Gasteiger partial charge in [0.2, 0.25) is 0 Å². The molecule has 3 aromatic rings. The number of hydrogen-bond donors (Lipinski definition) is 1. The molecule has 1 aliphatic heterocycles. The Bertz CT molecular complexity index is 1420. The van der Waals surface area contributed by atoms with E-state index in [1.54, 1.807) is 19.1 Å². The van der Waals surface area contributed by atoms with Crippen LogP contribution in [0.15, 0.2) is 77.7 Å². The van der Waals surface area contributed by atoms with E-state index in [1.807, 2.05) is 12.1 Å². The molecule has 7 nitrogen and oxygen atoms in total. The summed E-state index contributed by atoms with van der Waals surface area (Å²) < 4.78 is 72.3. The molecule has 11 heteroatoms. The average molecular weight is 519 g/mol. The molecule has 0 spiro atoms. The Morgan fingerprint density at radius 3 is 2.47 bits per heavy atom. The number of amides is 1. The first-order valence-electron chi connectivity index (χ1n) is 10.8. The molecule has 0 fully saturated rings. The van der Waals surface area contributed by atoms with Crippen molar-refractivity contribution in [3.63, 3.8) is 0 Å². The fraction of sp³-hybridized carbons (Fsp3) is 0.200. The van der Waals surface area contributed by atoms with E-state index in [0.29, 0.717) is 12.1 Å². The standard InChI is InChI=1S/C25H21F3N2O5S/c1-16-13-17-7-2-5-12-22(17)30(16)36(33,34)19-9-6-8-18(14-19)24(32)35-15-23(31)29-21-11-4-3-10-20(21)25(26,27)28/h2-12,14,16H,13,15H2,1H3,(H,29,31)/t16-/m1/s1. The Hall–Kier alpha value is -3.86. The van der Waals surface area contributed by atoms with Crippen molar-refractivity contribution in [2.45, 2.75) is 30.5 Å². The van der Waals surface area contributed by atoms with E-state index in [-0.39, 0.29) is 16.5 Å².